The van der Waals surface area contributed by atoms with Crippen LogP contribution in [0.15, 0.2) is 41.3 Å². The fourth-order valence-electron chi connectivity index (χ4n) is 3.77. The van der Waals surface area contributed by atoms with E-state index in [2.05, 4.69) is 30.9 Å². The number of carbonyl (C=O) groups excluding carboxylic acids is 1. The number of carbonyl (C=O) groups is 1. The number of benzene rings is 2. The van der Waals surface area contributed by atoms with Crippen LogP contribution >= 0.6 is 23.7 Å². The number of hydrogen-bond acceptors (Lipinski definition) is 6. The molecule has 0 fully saturated rings. The van der Waals surface area contributed by atoms with Crippen LogP contribution in [0.3, 0.4) is 0 Å². The monoisotopic (exact) mass is 552 g/mol. The van der Waals surface area contributed by atoms with E-state index < -0.39 is 10.0 Å². The summed E-state index contributed by atoms with van der Waals surface area (Å²) in [6.45, 7) is 7.97. The van der Waals surface area contributed by atoms with Gasteiger partial charge in [0.05, 0.1) is 15.1 Å². The Hall–Kier alpha value is -2.04. The summed E-state index contributed by atoms with van der Waals surface area (Å²) in [7, 11) is 2.02. The molecule has 3 rings (SSSR count). The molecule has 0 aliphatic rings. The van der Waals surface area contributed by atoms with Crippen molar-refractivity contribution in [2.24, 2.45) is 0 Å². The Kier molecular flexibility index (Phi) is 10.9. The molecular weight excluding hydrogens is 516 g/mol. The molecule has 0 N–H and O–H groups in total. The third-order valence-corrected chi connectivity index (χ3v) is 9.09. The lowest BCUT2D eigenvalue weighted by Gasteiger charge is -2.21. The zero-order chi connectivity index (χ0) is 25.8. The van der Waals surface area contributed by atoms with E-state index in [-0.39, 0.29) is 23.2 Å². The summed E-state index contributed by atoms with van der Waals surface area (Å²) in [6, 6.07) is 10.4. The van der Waals surface area contributed by atoms with E-state index >= 15 is 0 Å². The fraction of sp³-hybridized carbons (Fsp3) is 0.462. The number of unbranched alkanes of at least 4 members (excludes halogenated alkanes) is 1. The fourth-order valence-corrected chi connectivity index (χ4v) is 6.02. The maximum atomic E-state index is 13.6. The van der Waals surface area contributed by atoms with Crippen molar-refractivity contribution in [3.63, 3.8) is 0 Å². The van der Waals surface area contributed by atoms with Gasteiger partial charge in [-0.3, -0.25) is 9.69 Å². The van der Waals surface area contributed by atoms with Crippen molar-refractivity contribution in [3.05, 3.63) is 53.1 Å². The van der Waals surface area contributed by atoms with Crippen LogP contribution in [0, 0.1) is 13.8 Å². The van der Waals surface area contributed by atoms with Crippen molar-refractivity contribution in [2.75, 3.05) is 45.7 Å². The van der Waals surface area contributed by atoms with Gasteiger partial charge in [-0.15, -0.1) is 12.4 Å². The minimum Gasteiger partial charge on any atom is -0.309 e. The molecule has 0 aliphatic carbocycles. The van der Waals surface area contributed by atoms with E-state index in [1.54, 1.807) is 24.1 Å². The van der Waals surface area contributed by atoms with Gasteiger partial charge in [0.15, 0.2) is 5.13 Å². The summed E-state index contributed by atoms with van der Waals surface area (Å²) in [5.41, 5.74) is 3.65. The van der Waals surface area contributed by atoms with Crippen molar-refractivity contribution in [3.8, 4) is 0 Å². The quantitative estimate of drug-likeness (QED) is 0.320. The summed E-state index contributed by atoms with van der Waals surface area (Å²) < 4.78 is 28.1. The number of aryl methyl sites for hydroxylation is 2. The summed E-state index contributed by atoms with van der Waals surface area (Å²) in [6.07, 6.45) is 2.51. The zero-order valence-corrected chi connectivity index (χ0v) is 24.4. The number of nitrogens with zero attached hydrogens (tertiary/aromatic N) is 4. The molecule has 1 heterocycles. The predicted octanol–water partition coefficient (Wildman–Crippen LogP) is 5.35. The van der Waals surface area contributed by atoms with Crippen LogP contribution in [0.1, 0.15) is 47.7 Å². The molecule has 0 bridgehead atoms. The van der Waals surface area contributed by atoms with Gasteiger partial charge in [-0.1, -0.05) is 30.7 Å². The highest BCUT2D eigenvalue weighted by molar-refractivity contribution is 7.89. The van der Waals surface area contributed by atoms with Crippen LogP contribution in [-0.4, -0.2) is 69.3 Å². The normalized spacial score (nSPS) is 11.8. The van der Waals surface area contributed by atoms with E-state index in [9.17, 15) is 13.2 Å². The van der Waals surface area contributed by atoms with Gasteiger partial charge in [-0.25, -0.2) is 17.7 Å². The van der Waals surface area contributed by atoms with Gasteiger partial charge in [0.2, 0.25) is 10.0 Å². The largest absolute Gasteiger partial charge is 0.309 e. The van der Waals surface area contributed by atoms with Crippen LogP contribution in [0.4, 0.5) is 5.13 Å². The number of fused-ring (bicyclic) bond motifs is 1. The lowest BCUT2D eigenvalue weighted by atomic mass is 10.1. The zero-order valence-electron chi connectivity index (χ0n) is 21.9. The maximum Gasteiger partial charge on any atom is 0.260 e. The number of sulfonamides is 1. The average Bonchev–Trinajstić information content (AvgIpc) is 3.26. The summed E-state index contributed by atoms with van der Waals surface area (Å²) in [5, 5.41) is 0.661. The van der Waals surface area contributed by atoms with E-state index in [4.69, 9.17) is 4.98 Å². The van der Waals surface area contributed by atoms with Crippen LogP contribution in [-0.2, 0) is 10.0 Å². The molecule has 198 valence electrons. The van der Waals surface area contributed by atoms with Gasteiger partial charge in [0.1, 0.15) is 0 Å². The highest BCUT2D eigenvalue weighted by atomic mass is 35.5. The number of rotatable bonds is 11. The molecule has 0 unspecified atom stereocenters. The molecule has 0 spiro atoms. The van der Waals surface area contributed by atoms with Crippen LogP contribution in [0.25, 0.3) is 10.2 Å². The topological polar surface area (TPSA) is 73.8 Å². The first-order chi connectivity index (χ1) is 16.6. The van der Waals surface area contributed by atoms with Gasteiger partial charge in [-0.2, -0.15) is 0 Å². The third-order valence-electron chi connectivity index (χ3n) is 6.17. The van der Waals surface area contributed by atoms with Crippen molar-refractivity contribution < 1.29 is 13.2 Å². The Morgan fingerprint density at radius 1 is 0.944 bits per heavy atom. The minimum atomic E-state index is -3.58. The van der Waals surface area contributed by atoms with E-state index in [1.807, 2.05) is 21.0 Å². The van der Waals surface area contributed by atoms with E-state index in [0.717, 1.165) is 41.6 Å². The van der Waals surface area contributed by atoms with Crippen LogP contribution < -0.4 is 4.90 Å². The van der Waals surface area contributed by atoms with Gasteiger partial charge in [0.25, 0.3) is 5.91 Å². The van der Waals surface area contributed by atoms with Gasteiger partial charge < -0.3 is 4.90 Å². The Balaban J connectivity index is 0.00000456. The molecule has 0 aliphatic heterocycles. The molecule has 1 aromatic heterocycles. The molecule has 0 atom stereocenters. The second kappa shape index (κ2) is 13.0. The minimum absolute atomic E-state index is 0. The molecule has 2 aromatic carbocycles. The standard InChI is InChI=1S/C26H36N4O3S2.ClH/c1-7-8-17-29(6)35(32,33)22-13-11-21(12-14-22)25(31)30(18-9-16-28(4)5)26-27-24-20(3)19(2)10-15-23(24)34-26;/h10-15H,7-9,16-18H2,1-6H3;1H. The molecular formula is C26H37ClN4O3S2. The SMILES string of the molecule is CCCCN(C)S(=O)(=O)c1ccc(C(=O)N(CCCN(C)C)c2nc3c(C)c(C)ccc3s2)cc1.Cl. The van der Waals surface area contributed by atoms with Crippen LogP contribution in [0.5, 0.6) is 0 Å². The first-order valence-corrected chi connectivity index (χ1v) is 14.2. The lowest BCUT2D eigenvalue weighted by Crippen LogP contribution is -2.33. The Morgan fingerprint density at radius 2 is 1.61 bits per heavy atom. The molecule has 10 heteroatoms. The van der Waals surface area contributed by atoms with E-state index in [1.165, 1.54) is 33.3 Å². The highest BCUT2D eigenvalue weighted by Gasteiger charge is 2.24. The molecule has 36 heavy (non-hydrogen) atoms. The number of amides is 1. The predicted molar refractivity (Wildman–Crippen MR) is 152 cm³/mol. The van der Waals surface area contributed by atoms with Crippen molar-refractivity contribution in [1.29, 1.82) is 0 Å². The van der Waals surface area contributed by atoms with Gasteiger partial charge >= 0.3 is 0 Å². The number of aromatic nitrogens is 1. The van der Waals surface area contributed by atoms with Crippen molar-refractivity contribution in [2.45, 2.75) is 44.9 Å². The van der Waals surface area contributed by atoms with Crippen molar-refractivity contribution >= 4 is 55.0 Å². The number of anilines is 1. The third kappa shape index (κ3) is 6.83. The first kappa shape index (κ1) is 30.2. The van der Waals surface area contributed by atoms with Crippen molar-refractivity contribution in [1.82, 2.24) is 14.2 Å². The summed E-state index contributed by atoms with van der Waals surface area (Å²) >= 11 is 1.51. The second-order valence-electron chi connectivity index (χ2n) is 9.17. The summed E-state index contributed by atoms with van der Waals surface area (Å²) in [4.78, 5) is 22.4. The number of hydrogen-bond donors (Lipinski definition) is 0. The second-order valence-corrected chi connectivity index (χ2v) is 12.2. The van der Waals surface area contributed by atoms with Crippen LogP contribution in [0.2, 0.25) is 0 Å². The molecule has 0 saturated carbocycles. The van der Waals surface area contributed by atoms with Gasteiger partial charge in [0, 0.05) is 25.7 Å². The summed E-state index contributed by atoms with van der Waals surface area (Å²) in [5.74, 6) is -0.180. The lowest BCUT2D eigenvalue weighted by molar-refractivity contribution is 0.0986. The molecule has 0 saturated heterocycles. The highest BCUT2D eigenvalue weighted by Crippen LogP contribution is 2.33. The smallest absolute Gasteiger partial charge is 0.260 e. The average molecular weight is 553 g/mol. The molecule has 0 radical (unpaired) electrons. The number of thiazole rings is 1. The van der Waals surface area contributed by atoms with E-state index in [0.29, 0.717) is 23.8 Å². The number of halogens is 1. The maximum absolute atomic E-state index is 13.6. The first-order valence-electron chi connectivity index (χ1n) is 12.0. The Labute approximate surface area is 225 Å². The molecule has 3 aromatic rings. The molecule has 7 nitrogen and oxygen atoms in total. The van der Waals surface area contributed by atoms with Gasteiger partial charge in [-0.05, 0) is 88.8 Å². The molecule has 1 amide bonds. The Morgan fingerprint density at radius 3 is 2.22 bits per heavy atom. The Bertz CT molecular complexity index is 1270.